The van der Waals surface area contributed by atoms with Crippen LogP contribution in [0.15, 0.2) is 43.0 Å². The number of nitrogens with two attached hydrogens (primary N) is 2. The quantitative estimate of drug-likeness (QED) is 0.0995. The van der Waals surface area contributed by atoms with Crippen LogP contribution >= 0.6 is 0 Å². The molecule has 0 saturated carbocycles. The number of hydrogen-bond donors (Lipinski definition) is 9. The van der Waals surface area contributed by atoms with Crippen molar-refractivity contribution in [3.05, 3.63) is 54.2 Å². The fourth-order valence-electron chi connectivity index (χ4n) is 4.20. The van der Waals surface area contributed by atoms with Crippen LogP contribution in [0.4, 0.5) is 0 Å². The van der Waals surface area contributed by atoms with Crippen molar-refractivity contribution >= 4 is 40.5 Å². The summed E-state index contributed by atoms with van der Waals surface area (Å²) in [6.45, 7) is 1.19. The van der Waals surface area contributed by atoms with Crippen LogP contribution in [0.3, 0.4) is 0 Å². The zero-order valence-corrected chi connectivity index (χ0v) is 22.3. The summed E-state index contributed by atoms with van der Waals surface area (Å²) < 4.78 is 0. The molecule has 0 saturated heterocycles. The lowest BCUT2D eigenvalue weighted by Gasteiger charge is -2.25. The van der Waals surface area contributed by atoms with Gasteiger partial charge in [-0.2, -0.15) is 0 Å². The number of carboxylic acids is 1. The van der Waals surface area contributed by atoms with Crippen molar-refractivity contribution in [1.82, 2.24) is 30.9 Å². The van der Waals surface area contributed by atoms with Gasteiger partial charge in [-0.05, 0) is 31.4 Å². The van der Waals surface area contributed by atoms with E-state index in [4.69, 9.17) is 11.5 Å². The zero-order valence-electron chi connectivity index (χ0n) is 22.3. The molecule has 3 rings (SSSR count). The van der Waals surface area contributed by atoms with Crippen LogP contribution in [0.5, 0.6) is 0 Å². The summed E-state index contributed by atoms with van der Waals surface area (Å²) in [7, 11) is 0. The number of nitrogens with zero attached hydrogens (tertiary/aromatic N) is 1. The van der Waals surface area contributed by atoms with Crippen LogP contribution in [-0.4, -0.2) is 85.0 Å². The van der Waals surface area contributed by atoms with Crippen molar-refractivity contribution in [2.24, 2.45) is 11.5 Å². The second-order valence-electron chi connectivity index (χ2n) is 9.64. The zero-order chi connectivity index (χ0) is 30.1. The Bertz CT molecular complexity index is 1370. The van der Waals surface area contributed by atoms with E-state index < -0.39 is 59.9 Å². The van der Waals surface area contributed by atoms with Crippen molar-refractivity contribution < 1.29 is 34.2 Å². The lowest BCUT2D eigenvalue weighted by Crippen LogP contribution is -2.59. The predicted octanol–water partition coefficient (Wildman–Crippen LogP) is -1.81. The average molecular weight is 571 g/mol. The van der Waals surface area contributed by atoms with Gasteiger partial charge in [0.05, 0.1) is 18.5 Å². The lowest BCUT2D eigenvalue weighted by atomic mass is 10.0. The number of hydrogen-bond acceptors (Lipinski definition) is 8. The van der Waals surface area contributed by atoms with E-state index in [-0.39, 0.29) is 25.7 Å². The summed E-state index contributed by atoms with van der Waals surface area (Å²) >= 11 is 0. The molecule has 2 aromatic heterocycles. The molecule has 0 aliphatic rings. The van der Waals surface area contributed by atoms with Crippen LogP contribution in [0.25, 0.3) is 10.9 Å². The topological polar surface area (TPSA) is 258 Å². The highest BCUT2D eigenvalue weighted by molar-refractivity contribution is 5.95. The highest BCUT2D eigenvalue weighted by Gasteiger charge is 2.32. The molecule has 0 aliphatic heterocycles. The summed E-state index contributed by atoms with van der Waals surface area (Å²) in [6.07, 6.45) is 2.67. The maximum Gasteiger partial charge on any atom is 0.328 e. The number of benzene rings is 1. The molecule has 1 aromatic carbocycles. The smallest absolute Gasteiger partial charge is 0.328 e. The Morgan fingerprint density at radius 3 is 2.29 bits per heavy atom. The minimum Gasteiger partial charge on any atom is -0.480 e. The van der Waals surface area contributed by atoms with E-state index >= 15 is 0 Å². The van der Waals surface area contributed by atoms with Crippen LogP contribution in [0.2, 0.25) is 0 Å². The van der Waals surface area contributed by atoms with E-state index in [0.29, 0.717) is 5.69 Å². The number of imidazole rings is 1. The molecule has 0 fully saturated rings. The number of aliphatic hydroxyl groups excluding tert-OH is 1. The van der Waals surface area contributed by atoms with Gasteiger partial charge < -0.3 is 47.6 Å². The lowest BCUT2D eigenvalue weighted by molar-refractivity contribution is -0.145. The Labute approximate surface area is 234 Å². The molecule has 3 aromatic rings. The minimum absolute atomic E-state index is 0.125. The SMILES string of the molecule is CC(O)C(NC(=O)C(Cc1cnc[nH]1)NC(=O)C(CCC(N)=O)NC(=O)C(N)Cc1c[nH]c2ccccc12)C(=O)O. The third-order valence-electron chi connectivity index (χ3n) is 6.42. The van der Waals surface area contributed by atoms with Crippen LogP contribution in [-0.2, 0) is 36.8 Å². The monoisotopic (exact) mass is 570 g/mol. The van der Waals surface area contributed by atoms with Crippen LogP contribution < -0.4 is 27.4 Å². The van der Waals surface area contributed by atoms with Crippen molar-refractivity contribution in [2.45, 2.75) is 62.9 Å². The van der Waals surface area contributed by atoms with Crippen molar-refractivity contribution in [3.63, 3.8) is 0 Å². The highest BCUT2D eigenvalue weighted by atomic mass is 16.4. The molecule has 220 valence electrons. The van der Waals surface area contributed by atoms with Gasteiger partial charge >= 0.3 is 5.97 Å². The van der Waals surface area contributed by atoms with Gasteiger partial charge in [0.15, 0.2) is 6.04 Å². The molecule has 11 N–H and O–H groups in total. The van der Waals surface area contributed by atoms with Crippen molar-refractivity contribution in [1.29, 1.82) is 0 Å². The number of H-pyrrole nitrogens is 2. The molecule has 41 heavy (non-hydrogen) atoms. The number of carbonyl (C=O) groups excluding carboxylic acids is 4. The minimum atomic E-state index is -1.64. The number of amides is 4. The van der Waals surface area contributed by atoms with Crippen LogP contribution in [0, 0.1) is 0 Å². The van der Waals surface area contributed by atoms with E-state index in [1.165, 1.54) is 19.4 Å². The first-order valence-corrected chi connectivity index (χ1v) is 12.8. The second kappa shape index (κ2) is 14.0. The molecule has 0 aliphatic carbocycles. The molecule has 0 bridgehead atoms. The van der Waals surface area contributed by atoms with Gasteiger partial charge in [0.2, 0.25) is 23.6 Å². The number of nitrogens with one attached hydrogen (secondary N) is 5. The number of carbonyl (C=O) groups is 5. The van der Waals surface area contributed by atoms with E-state index in [1.807, 2.05) is 24.3 Å². The number of para-hydroxylation sites is 1. The normalized spacial score (nSPS) is 14.8. The van der Waals surface area contributed by atoms with Crippen LogP contribution in [0.1, 0.15) is 31.0 Å². The molecule has 0 radical (unpaired) electrons. The Balaban J connectivity index is 1.75. The van der Waals surface area contributed by atoms with Crippen molar-refractivity contribution in [2.75, 3.05) is 0 Å². The highest BCUT2D eigenvalue weighted by Crippen LogP contribution is 2.19. The van der Waals surface area contributed by atoms with Gasteiger partial charge in [-0.3, -0.25) is 19.2 Å². The summed E-state index contributed by atoms with van der Waals surface area (Å²) in [6, 6.07) is 2.15. The molecular formula is C26H34N8O7. The number of carboxylic acid groups (broad SMARTS) is 1. The summed E-state index contributed by atoms with van der Waals surface area (Å²) in [5.74, 6) is -4.60. The molecular weight excluding hydrogens is 536 g/mol. The standard InChI is InChI=1S/C26H34N8O7/c1-13(35)22(26(40)41)34-25(39)20(9-15-11-29-12-31-15)33-24(38)19(6-7-21(28)36)32-23(37)17(27)8-14-10-30-18-5-3-2-4-16(14)18/h2-5,10-13,17,19-20,22,30,35H,6-9,27H2,1H3,(H2,28,36)(H,29,31)(H,32,37)(H,33,38)(H,34,39)(H,40,41). The maximum atomic E-state index is 13.3. The predicted molar refractivity (Wildman–Crippen MR) is 146 cm³/mol. The summed E-state index contributed by atoms with van der Waals surface area (Å²) in [5, 5.41) is 27.2. The number of aromatic amines is 2. The number of fused-ring (bicyclic) bond motifs is 1. The molecule has 5 atom stereocenters. The van der Waals surface area contributed by atoms with Crippen molar-refractivity contribution in [3.8, 4) is 0 Å². The number of primary amides is 1. The summed E-state index contributed by atoms with van der Waals surface area (Å²) in [5.41, 5.74) is 13.5. The summed E-state index contributed by atoms with van der Waals surface area (Å²) in [4.78, 5) is 72.0. The number of aromatic nitrogens is 3. The van der Waals surface area contributed by atoms with E-state index in [0.717, 1.165) is 16.5 Å². The third-order valence-corrected chi connectivity index (χ3v) is 6.42. The third kappa shape index (κ3) is 8.61. The van der Waals surface area contributed by atoms with E-state index in [2.05, 4.69) is 30.9 Å². The van der Waals surface area contributed by atoms with E-state index in [9.17, 15) is 34.2 Å². The van der Waals surface area contributed by atoms with E-state index in [1.54, 1.807) is 6.20 Å². The largest absolute Gasteiger partial charge is 0.480 e. The number of aliphatic hydroxyl groups is 1. The van der Waals surface area contributed by atoms with Gasteiger partial charge in [0.1, 0.15) is 12.1 Å². The average Bonchev–Trinajstić information content (AvgIpc) is 3.58. The Hall–Kier alpha value is -4.76. The van der Waals surface area contributed by atoms with Gasteiger partial charge in [-0.25, -0.2) is 9.78 Å². The molecule has 2 heterocycles. The molecule has 4 amide bonds. The molecule has 15 heteroatoms. The fraction of sp³-hybridized carbons (Fsp3) is 0.385. The van der Waals surface area contributed by atoms with Gasteiger partial charge in [-0.15, -0.1) is 0 Å². The first-order chi connectivity index (χ1) is 19.5. The Morgan fingerprint density at radius 2 is 1.66 bits per heavy atom. The maximum absolute atomic E-state index is 13.3. The Morgan fingerprint density at radius 1 is 0.976 bits per heavy atom. The second-order valence-corrected chi connectivity index (χ2v) is 9.64. The molecule has 0 spiro atoms. The fourth-order valence-corrected chi connectivity index (χ4v) is 4.20. The Kier molecular flexibility index (Phi) is 10.5. The van der Waals surface area contributed by atoms with Gasteiger partial charge in [-0.1, -0.05) is 18.2 Å². The molecule has 5 unspecified atom stereocenters. The first-order valence-electron chi connectivity index (χ1n) is 12.8. The number of rotatable bonds is 15. The van der Waals surface area contributed by atoms with Gasteiger partial charge in [0.25, 0.3) is 0 Å². The molecule has 15 nitrogen and oxygen atoms in total. The first kappa shape index (κ1) is 30.8. The van der Waals surface area contributed by atoms with Gasteiger partial charge in [0, 0.05) is 41.8 Å². The number of aliphatic carboxylic acids is 1.